The van der Waals surface area contributed by atoms with Crippen molar-refractivity contribution in [1.82, 2.24) is 0 Å². The second kappa shape index (κ2) is 11.0. The first-order chi connectivity index (χ1) is 15.6. The minimum atomic E-state index is -0.808. The van der Waals surface area contributed by atoms with Crippen molar-refractivity contribution in [3.8, 4) is 0 Å². The van der Waals surface area contributed by atoms with Gasteiger partial charge in [0.2, 0.25) is 0 Å². The number of aliphatic hydroxyl groups excluding tert-OH is 1. The van der Waals surface area contributed by atoms with Crippen LogP contribution in [0, 0.1) is 12.8 Å². The Labute approximate surface area is 198 Å². The molecule has 0 aromatic heterocycles. The summed E-state index contributed by atoms with van der Waals surface area (Å²) in [6.07, 6.45) is 10.7. The van der Waals surface area contributed by atoms with Gasteiger partial charge >= 0.3 is 5.97 Å². The minimum absolute atomic E-state index is 0.0626. The molecule has 5 heteroatoms. The van der Waals surface area contributed by atoms with Crippen molar-refractivity contribution < 1.29 is 24.1 Å². The Bertz CT molecular complexity index is 885. The highest BCUT2D eigenvalue weighted by Crippen LogP contribution is 2.33. The van der Waals surface area contributed by atoms with E-state index in [0.29, 0.717) is 12.0 Å². The van der Waals surface area contributed by atoms with Gasteiger partial charge in [0.25, 0.3) is 0 Å². The highest BCUT2D eigenvalue weighted by Gasteiger charge is 2.43. The molecule has 0 spiro atoms. The molecular formula is C28H40O5. The Morgan fingerprint density at radius 1 is 1.12 bits per heavy atom. The maximum atomic E-state index is 13.3. The Morgan fingerprint density at radius 3 is 2.61 bits per heavy atom. The Kier molecular flexibility index (Phi) is 8.54. The van der Waals surface area contributed by atoms with Gasteiger partial charge < -0.3 is 19.3 Å². The number of aliphatic hydroxyl groups is 1. The summed E-state index contributed by atoms with van der Waals surface area (Å²) >= 11 is 0. The number of hydrogen-bond donors (Lipinski definition) is 1. The molecule has 2 aliphatic heterocycles. The van der Waals surface area contributed by atoms with Crippen LogP contribution in [0.3, 0.4) is 0 Å². The van der Waals surface area contributed by atoms with Gasteiger partial charge in [-0.05, 0) is 63.6 Å². The third kappa shape index (κ3) is 6.34. The summed E-state index contributed by atoms with van der Waals surface area (Å²) in [4.78, 5) is 13.3. The molecule has 5 nitrogen and oxygen atoms in total. The van der Waals surface area contributed by atoms with Crippen LogP contribution >= 0.6 is 0 Å². The summed E-state index contributed by atoms with van der Waals surface area (Å²) in [7, 11) is 0. The summed E-state index contributed by atoms with van der Waals surface area (Å²) in [5, 5.41) is 10.8. The average molecular weight is 457 g/mol. The van der Waals surface area contributed by atoms with Crippen molar-refractivity contribution in [2.24, 2.45) is 5.92 Å². The highest BCUT2D eigenvalue weighted by molar-refractivity contribution is 5.96. The van der Waals surface area contributed by atoms with E-state index in [9.17, 15) is 9.90 Å². The van der Waals surface area contributed by atoms with Gasteiger partial charge in [0.15, 0.2) is 5.79 Å². The molecule has 0 saturated carbocycles. The van der Waals surface area contributed by atoms with Crippen molar-refractivity contribution in [3.63, 3.8) is 0 Å². The van der Waals surface area contributed by atoms with E-state index in [1.807, 2.05) is 58.9 Å². The van der Waals surface area contributed by atoms with E-state index in [1.54, 1.807) is 6.08 Å². The monoisotopic (exact) mass is 456 g/mol. The van der Waals surface area contributed by atoms with Crippen molar-refractivity contribution in [2.45, 2.75) is 104 Å². The lowest BCUT2D eigenvalue weighted by atomic mass is 9.92. The van der Waals surface area contributed by atoms with Crippen LogP contribution in [-0.2, 0) is 20.6 Å². The molecule has 0 bridgehead atoms. The fourth-order valence-corrected chi connectivity index (χ4v) is 4.56. The lowest BCUT2D eigenvalue weighted by Crippen LogP contribution is -2.34. The van der Waals surface area contributed by atoms with Crippen LogP contribution in [0.15, 0.2) is 30.4 Å². The number of unbranched alkanes of at least 4 members (excludes halogenated alkanes) is 2. The summed E-state index contributed by atoms with van der Waals surface area (Å²) in [5.41, 5.74) is 3.64. The minimum Gasteiger partial charge on any atom is -0.458 e. The number of aryl methyl sites for hydroxylation is 2. The predicted molar refractivity (Wildman–Crippen MR) is 131 cm³/mol. The average Bonchev–Trinajstić information content (AvgIpc) is 3.07. The van der Waals surface area contributed by atoms with Gasteiger partial charge in [-0.15, -0.1) is 0 Å². The molecule has 2 aliphatic rings. The standard InChI is InChI=1S/C28H40O5/c1-7-8-9-11-21-16-14-19(3)25-22(21)12-10-13-24-26(33-28(5,6)32-24)23(29)17-15-18(2)20(4)31-27(25)30/h10,12,14-18,20,23-24,26,29H,7-9,11,13H2,1-6H3/b12-10+,17-15-/t18-,20+,23?,24+,26-/m1/s1. The summed E-state index contributed by atoms with van der Waals surface area (Å²) in [6, 6.07) is 4.15. The largest absolute Gasteiger partial charge is 0.458 e. The number of hydrogen-bond acceptors (Lipinski definition) is 5. The molecule has 0 radical (unpaired) electrons. The molecule has 182 valence electrons. The van der Waals surface area contributed by atoms with Crippen LogP contribution in [0.2, 0.25) is 0 Å². The van der Waals surface area contributed by atoms with Crippen LogP contribution in [0.5, 0.6) is 0 Å². The van der Waals surface area contributed by atoms with Gasteiger partial charge in [-0.3, -0.25) is 0 Å². The molecule has 1 N–H and O–H groups in total. The van der Waals surface area contributed by atoms with E-state index >= 15 is 0 Å². The zero-order valence-electron chi connectivity index (χ0n) is 21.0. The number of esters is 1. The number of carbonyl (C=O) groups excluding carboxylic acids is 1. The van der Waals surface area contributed by atoms with Crippen molar-refractivity contribution in [2.75, 3.05) is 0 Å². The molecular weight excluding hydrogens is 416 g/mol. The number of ether oxygens (including phenoxy) is 3. The van der Waals surface area contributed by atoms with E-state index in [2.05, 4.69) is 13.0 Å². The highest BCUT2D eigenvalue weighted by atomic mass is 16.8. The van der Waals surface area contributed by atoms with Crippen LogP contribution in [0.25, 0.3) is 6.08 Å². The van der Waals surface area contributed by atoms with Crippen LogP contribution < -0.4 is 0 Å². The topological polar surface area (TPSA) is 65.0 Å². The first-order valence-corrected chi connectivity index (χ1v) is 12.3. The number of benzene rings is 1. The second-order valence-electron chi connectivity index (χ2n) is 9.91. The molecule has 33 heavy (non-hydrogen) atoms. The first kappa shape index (κ1) is 25.7. The molecule has 5 atom stereocenters. The normalized spacial score (nSPS) is 31.7. The van der Waals surface area contributed by atoms with Gasteiger partial charge in [-0.1, -0.05) is 63.1 Å². The van der Waals surface area contributed by atoms with E-state index in [-0.39, 0.29) is 24.1 Å². The first-order valence-electron chi connectivity index (χ1n) is 12.3. The molecule has 1 aromatic carbocycles. The molecule has 1 aromatic rings. The van der Waals surface area contributed by atoms with Crippen LogP contribution in [0.1, 0.15) is 87.4 Å². The SMILES string of the molecule is CCCCCc1ccc(C)c2c1/C=C/C[C@@H]1OC(C)(C)O[C@@H]1C(O)/C=C\[C@@H](C)[C@H](C)OC2=O. The molecule has 2 heterocycles. The molecule has 0 amide bonds. The Morgan fingerprint density at radius 2 is 1.88 bits per heavy atom. The van der Waals surface area contributed by atoms with Gasteiger partial charge in [-0.25, -0.2) is 4.79 Å². The van der Waals surface area contributed by atoms with E-state index in [0.717, 1.165) is 42.4 Å². The summed E-state index contributed by atoms with van der Waals surface area (Å²) < 4.78 is 18.0. The van der Waals surface area contributed by atoms with Crippen LogP contribution in [0.4, 0.5) is 0 Å². The number of rotatable bonds is 4. The third-order valence-corrected chi connectivity index (χ3v) is 6.65. The fourth-order valence-electron chi connectivity index (χ4n) is 4.56. The van der Waals surface area contributed by atoms with Gasteiger partial charge in [0.05, 0.1) is 11.7 Å². The van der Waals surface area contributed by atoms with Gasteiger partial charge in [0.1, 0.15) is 18.3 Å². The molecule has 3 rings (SSSR count). The van der Waals surface area contributed by atoms with Crippen LogP contribution in [-0.4, -0.2) is 41.3 Å². The Balaban J connectivity index is 2.03. The van der Waals surface area contributed by atoms with Crippen molar-refractivity contribution in [1.29, 1.82) is 0 Å². The molecule has 1 fully saturated rings. The predicted octanol–water partition coefficient (Wildman–Crippen LogP) is 5.76. The summed E-state index contributed by atoms with van der Waals surface area (Å²) in [6.45, 7) is 11.8. The number of carbonyl (C=O) groups is 1. The molecule has 1 unspecified atom stereocenters. The summed E-state index contributed by atoms with van der Waals surface area (Å²) in [5.74, 6) is -1.12. The number of fused-ring (bicyclic) bond motifs is 2. The zero-order valence-corrected chi connectivity index (χ0v) is 21.0. The van der Waals surface area contributed by atoms with Crippen molar-refractivity contribution in [3.05, 3.63) is 52.6 Å². The van der Waals surface area contributed by atoms with Gasteiger partial charge in [-0.2, -0.15) is 0 Å². The third-order valence-electron chi connectivity index (χ3n) is 6.65. The van der Waals surface area contributed by atoms with E-state index < -0.39 is 18.0 Å². The van der Waals surface area contributed by atoms with Gasteiger partial charge in [0, 0.05) is 5.92 Å². The quantitative estimate of drug-likeness (QED) is 0.354. The molecule has 0 aliphatic carbocycles. The fraction of sp³-hybridized carbons (Fsp3) is 0.607. The zero-order chi connectivity index (χ0) is 24.2. The Hall–Kier alpha value is -1.95. The second-order valence-corrected chi connectivity index (χ2v) is 9.91. The number of cyclic esters (lactones) is 1. The smallest absolute Gasteiger partial charge is 0.339 e. The van der Waals surface area contributed by atoms with E-state index in [1.165, 1.54) is 0 Å². The maximum Gasteiger partial charge on any atom is 0.339 e. The maximum absolute atomic E-state index is 13.3. The lowest BCUT2D eigenvalue weighted by Gasteiger charge is -2.23. The lowest BCUT2D eigenvalue weighted by molar-refractivity contribution is -0.152. The van der Waals surface area contributed by atoms with E-state index in [4.69, 9.17) is 14.2 Å². The molecule has 1 saturated heterocycles. The van der Waals surface area contributed by atoms with Crippen molar-refractivity contribution >= 4 is 12.0 Å².